The van der Waals surface area contributed by atoms with Crippen LogP contribution in [0.25, 0.3) is 0 Å². The summed E-state index contributed by atoms with van der Waals surface area (Å²) in [6, 6.07) is 1.00. The first-order chi connectivity index (χ1) is 7.86. The zero-order valence-electron chi connectivity index (χ0n) is 9.65. The Hall–Kier alpha value is -0.220. The van der Waals surface area contributed by atoms with Crippen molar-refractivity contribution in [3.63, 3.8) is 0 Å². The number of carbonyl (C=O) groups is 1. The number of piperazine rings is 1. The molecular weight excluding hydrogens is 220 g/mol. The van der Waals surface area contributed by atoms with Crippen molar-refractivity contribution < 1.29 is 4.79 Å². The SMILES string of the molecule is O=C(C1CCSCC1)N1C2CCC1CNC2. The van der Waals surface area contributed by atoms with Crippen molar-refractivity contribution in [2.75, 3.05) is 24.6 Å². The van der Waals surface area contributed by atoms with Crippen LogP contribution in [0, 0.1) is 5.92 Å². The molecule has 3 nitrogen and oxygen atoms in total. The van der Waals surface area contributed by atoms with Gasteiger partial charge in [-0.25, -0.2) is 0 Å². The van der Waals surface area contributed by atoms with Gasteiger partial charge in [0, 0.05) is 31.1 Å². The van der Waals surface area contributed by atoms with Gasteiger partial charge in [-0.3, -0.25) is 4.79 Å². The smallest absolute Gasteiger partial charge is 0.226 e. The third-order valence-electron chi connectivity index (χ3n) is 4.20. The van der Waals surface area contributed by atoms with Crippen LogP contribution < -0.4 is 5.32 Å². The fourth-order valence-electron chi connectivity index (χ4n) is 3.29. The molecule has 3 heterocycles. The highest BCUT2D eigenvalue weighted by molar-refractivity contribution is 7.99. The molecule has 3 rings (SSSR count). The second kappa shape index (κ2) is 4.57. The van der Waals surface area contributed by atoms with Crippen molar-refractivity contribution in [3.8, 4) is 0 Å². The van der Waals surface area contributed by atoms with Gasteiger partial charge in [0.15, 0.2) is 0 Å². The molecule has 1 amide bonds. The summed E-state index contributed by atoms with van der Waals surface area (Å²) < 4.78 is 0. The quantitative estimate of drug-likeness (QED) is 0.745. The van der Waals surface area contributed by atoms with Gasteiger partial charge in [-0.05, 0) is 37.2 Å². The van der Waals surface area contributed by atoms with E-state index < -0.39 is 0 Å². The fourth-order valence-corrected chi connectivity index (χ4v) is 4.40. The lowest BCUT2D eigenvalue weighted by Gasteiger charge is -2.38. The minimum atomic E-state index is 0.336. The van der Waals surface area contributed by atoms with E-state index in [4.69, 9.17) is 0 Å². The predicted octanol–water partition coefficient (Wildman–Crippen LogP) is 1.09. The number of rotatable bonds is 1. The lowest BCUT2D eigenvalue weighted by molar-refractivity contribution is -0.139. The molecule has 0 radical (unpaired) electrons. The molecule has 0 aliphatic carbocycles. The van der Waals surface area contributed by atoms with Gasteiger partial charge in [0.2, 0.25) is 5.91 Å². The van der Waals surface area contributed by atoms with Crippen LogP contribution in [0.15, 0.2) is 0 Å². The Morgan fingerprint density at radius 2 is 1.69 bits per heavy atom. The van der Waals surface area contributed by atoms with Crippen LogP contribution in [0.4, 0.5) is 0 Å². The van der Waals surface area contributed by atoms with E-state index in [1.165, 1.54) is 24.3 Å². The number of thioether (sulfide) groups is 1. The molecule has 2 atom stereocenters. The maximum atomic E-state index is 12.5. The summed E-state index contributed by atoms with van der Waals surface area (Å²) in [5.41, 5.74) is 0. The van der Waals surface area contributed by atoms with Crippen molar-refractivity contribution in [1.82, 2.24) is 10.2 Å². The zero-order valence-corrected chi connectivity index (χ0v) is 10.5. The number of hydrogen-bond donors (Lipinski definition) is 1. The van der Waals surface area contributed by atoms with Gasteiger partial charge in [-0.2, -0.15) is 11.8 Å². The molecule has 0 aromatic carbocycles. The first-order valence-corrected chi connectivity index (χ1v) is 7.62. The Labute approximate surface area is 101 Å². The highest BCUT2D eigenvalue weighted by Gasteiger charge is 2.41. The monoisotopic (exact) mass is 240 g/mol. The highest BCUT2D eigenvalue weighted by atomic mass is 32.2. The summed E-state index contributed by atoms with van der Waals surface area (Å²) in [6.45, 7) is 2.04. The van der Waals surface area contributed by atoms with E-state index >= 15 is 0 Å². The molecule has 0 aromatic heterocycles. The van der Waals surface area contributed by atoms with E-state index in [-0.39, 0.29) is 0 Å². The van der Waals surface area contributed by atoms with Crippen molar-refractivity contribution in [2.45, 2.75) is 37.8 Å². The second-order valence-electron chi connectivity index (χ2n) is 5.18. The van der Waals surface area contributed by atoms with Gasteiger partial charge < -0.3 is 10.2 Å². The maximum absolute atomic E-state index is 12.5. The van der Waals surface area contributed by atoms with Crippen molar-refractivity contribution in [1.29, 1.82) is 0 Å². The molecule has 3 aliphatic rings. The molecule has 16 heavy (non-hydrogen) atoms. The molecule has 3 fully saturated rings. The Morgan fingerprint density at radius 1 is 1.06 bits per heavy atom. The summed E-state index contributed by atoms with van der Waals surface area (Å²) in [5.74, 6) is 3.16. The normalized spacial score (nSPS) is 35.4. The standard InChI is InChI=1S/C12H20N2OS/c15-12(9-3-5-16-6-4-9)14-10-1-2-11(14)8-13-7-10/h9-11,13H,1-8H2. The van der Waals surface area contributed by atoms with E-state index in [1.54, 1.807) is 0 Å². The molecule has 90 valence electrons. The molecule has 0 saturated carbocycles. The first-order valence-electron chi connectivity index (χ1n) is 6.47. The number of nitrogens with one attached hydrogen (secondary N) is 1. The average molecular weight is 240 g/mol. The molecule has 3 saturated heterocycles. The van der Waals surface area contributed by atoms with Gasteiger partial charge in [-0.1, -0.05) is 0 Å². The molecule has 2 unspecified atom stereocenters. The molecule has 0 spiro atoms. The minimum absolute atomic E-state index is 0.336. The summed E-state index contributed by atoms with van der Waals surface area (Å²) in [6.07, 6.45) is 4.63. The number of nitrogens with zero attached hydrogens (tertiary/aromatic N) is 1. The van der Waals surface area contributed by atoms with Crippen molar-refractivity contribution in [2.24, 2.45) is 5.92 Å². The topological polar surface area (TPSA) is 32.3 Å². The number of amides is 1. The van der Waals surface area contributed by atoms with E-state index in [2.05, 4.69) is 10.2 Å². The van der Waals surface area contributed by atoms with Crippen LogP contribution in [-0.2, 0) is 4.79 Å². The lowest BCUT2D eigenvalue weighted by Crippen LogP contribution is -2.55. The Balaban J connectivity index is 1.69. The predicted molar refractivity (Wildman–Crippen MR) is 66.6 cm³/mol. The summed E-state index contributed by atoms with van der Waals surface area (Å²) in [7, 11) is 0. The Kier molecular flexibility index (Phi) is 3.11. The van der Waals surface area contributed by atoms with Gasteiger partial charge in [-0.15, -0.1) is 0 Å². The van der Waals surface area contributed by atoms with Gasteiger partial charge >= 0.3 is 0 Å². The first kappa shape index (κ1) is 10.9. The minimum Gasteiger partial charge on any atom is -0.334 e. The van der Waals surface area contributed by atoms with Crippen LogP contribution in [0.5, 0.6) is 0 Å². The summed E-state index contributed by atoms with van der Waals surface area (Å²) >= 11 is 2.00. The van der Waals surface area contributed by atoms with E-state index in [0.29, 0.717) is 23.9 Å². The van der Waals surface area contributed by atoms with Crippen LogP contribution in [-0.4, -0.2) is 47.5 Å². The van der Waals surface area contributed by atoms with Crippen LogP contribution >= 0.6 is 11.8 Å². The Bertz CT molecular complexity index is 262. The van der Waals surface area contributed by atoms with Gasteiger partial charge in [0.05, 0.1) is 0 Å². The van der Waals surface area contributed by atoms with Crippen molar-refractivity contribution in [3.05, 3.63) is 0 Å². The fraction of sp³-hybridized carbons (Fsp3) is 0.917. The highest BCUT2D eigenvalue weighted by Crippen LogP contribution is 2.32. The number of hydrogen-bond acceptors (Lipinski definition) is 3. The Morgan fingerprint density at radius 3 is 2.31 bits per heavy atom. The number of fused-ring (bicyclic) bond motifs is 2. The van der Waals surface area contributed by atoms with Crippen LogP contribution in [0.1, 0.15) is 25.7 Å². The average Bonchev–Trinajstić information content (AvgIpc) is 2.59. The van der Waals surface area contributed by atoms with Crippen molar-refractivity contribution >= 4 is 17.7 Å². The van der Waals surface area contributed by atoms with Crippen LogP contribution in [0.3, 0.4) is 0 Å². The third-order valence-corrected chi connectivity index (χ3v) is 5.25. The molecule has 3 aliphatic heterocycles. The summed E-state index contributed by atoms with van der Waals surface area (Å²) in [4.78, 5) is 14.7. The zero-order chi connectivity index (χ0) is 11.0. The number of carbonyl (C=O) groups excluding carboxylic acids is 1. The molecule has 1 N–H and O–H groups in total. The largest absolute Gasteiger partial charge is 0.334 e. The lowest BCUT2D eigenvalue weighted by atomic mass is 9.99. The van der Waals surface area contributed by atoms with Gasteiger partial charge in [0.1, 0.15) is 0 Å². The molecular formula is C12H20N2OS. The van der Waals surface area contributed by atoms with E-state index in [9.17, 15) is 4.79 Å². The summed E-state index contributed by atoms with van der Waals surface area (Å²) in [5, 5.41) is 3.44. The maximum Gasteiger partial charge on any atom is 0.226 e. The van der Waals surface area contributed by atoms with Gasteiger partial charge in [0.25, 0.3) is 0 Å². The molecule has 4 heteroatoms. The van der Waals surface area contributed by atoms with Crippen LogP contribution in [0.2, 0.25) is 0 Å². The third kappa shape index (κ3) is 1.86. The van der Waals surface area contributed by atoms with E-state index in [1.807, 2.05) is 11.8 Å². The van der Waals surface area contributed by atoms with E-state index in [0.717, 1.165) is 25.9 Å². The second-order valence-corrected chi connectivity index (χ2v) is 6.40. The molecule has 0 aromatic rings. The molecule has 2 bridgehead atoms.